The lowest BCUT2D eigenvalue weighted by Gasteiger charge is -2.37. The molecule has 0 bridgehead atoms. The molecule has 2 atom stereocenters. The molecule has 86 valence electrons. The summed E-state index contributed by atoms with van der Waals surface area (Å²) < 4.78 is 0. The average molecular weight is 208 g/mol. The van der Waals surface area contributed by atoms with Gasteiger partial charge in [0.25, 0.3) is 0 Å². The molecule has 0 aromatic carbocycles. The van der Waals surface area contributed by atoms with Crippen LogP contribution in [0, 0.1) is 17.3 Å². The number of aliphatic hydroxyl groups excluding tert-OH is 1. The van der Waals surface area contributed by atoms with Gasteiger partial charge in [0.15, 0.2) is 0 Å². The predicted octanol–water partition coefficient (Wildman–Crippen LogP) is 3.55. The molecule has 0 aromatic rings. The Bertz CT molecular complexity index is 266. The molecule has 1 aliphatic carbocycles. The molecular weight excluding hydrogens is 184 g/mol. The van der Waals surface area contributed by atoms with E-state index >= 15 is 0 Å². The van der Waals surface area contributed by atoms with Crippen molar-refractivity contribution in [3.63, 3.8) is 0 Å². The second-order valence-corrected chi connectivity index (χ2v) is 5.99. The number of hydrogen-bond donors (Lipinski definition) is 1. The Balaban J connectivity index is 2.91. The summed E-state index contributed by atoms with van der Waals surface area (Å²) in [6.07, 6.45) is 6.56. The highest BCUT2D eigenvalue weighted by Crippen LogP contribution is 2.40. The van der Waals surface area contributed by atoms with Crippen LogP contribution in [0.25, 0.3) is 0 Å². The average Bonchev–Trinajstić information content (AvgIpc) is 1.99. The van der Waals surface area contributed by atoms with E-state index in [1.54, 1.807) is 0 Å². The van der Waals surface area contributed by atoms with Gasteiger partial charge in [0.2, 0.25) is 0 Å². The zero-order valence-electron chi connectivity index (χ0n) is 10.6. The molecule has 0 radical (unpaired) electrons. The highest BCUT2D eigenvalue weighted by molar-refractivity contribution is 5.24. The molecular formula is C14H24O. The van der Waals surface area contributed by atoms with Crippen LogP contribution < -0.4 is 0 Å². The minimum absolute atomic E-state index is 0.269. The van der Waals surface area contributed by atoms with Crippen molar-refractivity contribution in [3.05, 3.63) is 23.8 Å². The van der Waals surface area contributed by atoms with Gasteiger partial charge >= 0.3 is 0 Å². The molecule has 15 heavy (non-hydrogen) atoms. The van der Waals surface area contributed by atoms with Gasteiger partial charge in [-0.2, -0.15) is 0 Å². The molecule has 1 nitrogen and oxygen atoms in total. The minimum Gasteiger partial charge on any atom is -0.389 e. The molecule has 0 amide bonds. The van der Waals surface area contributed by atoms with Crippen molar-refractivity contribution in [2.75, 3.05) is 0 Å². The summed E-state index contributed by atoms with van der Waals surface area (Å²) in [6, 6.07) is 0. The van der Waals surface area contributed by atoms with E-state index in [4.69, 9.17) is 0 Å². The van der Waals surface area contributed by atoms with Crippen molar-refractivity contribution in [1.82, 2.24) is 0 Å². The molecule has 2 unspecified atom stereocenters. The Kier molecular flexibility index (Phi) is 3.77. The van der Waals surface area contributed by atoms with Crippen molar-refractivity contribution in [2.45, 2.75) is 47.1 Å². The molecule has 0 heterocycles. The molecule has 1 N–H and O–H groups in total. The van der Waals surface area contributed by atoms with E-state index in [0.717, 1.165) is 6.42 Å². The van der Waals surface area contributed by atoms with Gasteiger partial charge in [0.05, 0.1) is 6.10 Å². The molecule has 0 fully saturated rings. The monoisotopic (exact) mass is 208 g/mol. The number of allylic oxidation sites excluding steroid dienone is 2. The van der Waals surface area contributed by atoms with Gasteiger partial charge in [0, 0.05) is 0 Å². The summed E-state index contributed by atoms with van der Waals surface area (Å²) in [5.41, 5.74) is 1.66. The van der Waals surface area contributed by atoms with Crippen LogP contribution in [-0.2, 0) is 0 Å². The van der Waals surface area contributed by atoms with Crippen LogP contribution in [0.4, 0.5) is 0 Å². The van der Waals surface area contributed by atoms with Crippen molar-refractivity contribution < 1.29 is 5.11 Å². The lowest BCUT2D eigenvalue weighted by molar-refractivity contribution is 0.179. The van der Waals surface area contributed by atoms with Crippen LogP contribution in [0.5, 0.6) is 0 Å². The summed E-state index contributed by atoms with van der Waals surface area (Å²) >= 11 is 0. The lowest BCUT2D eigenvalue weighted by Crippen LogP contribution is -2.29. The van der Waals surface area contributed by atoms with Crippen molar-refractivity contribution in [2.24, 2.45) is 17.3 Å². The first kappa shape index (κ1) is 12.5. The Morgan fingerprint density at radius 3 is 2.33 bits per heavy atom. The van der Waals surface area contributed by atoms with Crippen molar-refractivity contribution in [3.8, 4) is 0 Å². The van der Waals surface area contributed by atoms with Crippen molar-refractivity contribution in [1.29, 1.82) is 0 Å². The molecule has 1 aliphatic rings. The fourth-order valence-electron chi connectivity index (χ4n) is 2.90. The maximum atomic E-state index is 9.65. The maximum Gasteiger partial charge on any atom is 0.0761 e. The lowest BCUT2D eigenvalue weighted by atomic mass is 9.68. The third-order valence-electron chi connectivity index (χ3n) is 3.09. The smallest absolute Gasteiger partial charge is 0.0761 e. The molecule has 0 aromatic heterocycles. The predicted molar refractivity (Wildman–Crippen MR) is 65.6 cm³/mol. The third kappa shape index (κ3) is 3.20. The normalized spacial score (nSPS) is 24.2. The SMILES string of the molecule is CC(C)C(C1=CC=CC(O)C1)C(C)(C)C. The number of aliphatic hydroxyl groups is 1. The molecule has 0 saturated heterocycles. The maximum absolute atomic E-state index is 9.65. The highest BCUT2D eigenvalue weighted by Gasteiger charge is 2.31. The first-order chi connectivity index (χ1) is 6.82. The van der Waals surface area contributed by atoms with Crippen LogP contribution in [0.15, 0.2) is 23.8 Å². The summed E-state index contributed by atoms with van der Waals surface area (Å²) in [4.78, 5) is 0. The Hall–Kier alpha value is -0.560. The van der Waals surface area contributed by atoms with Gasteiger partial charge in [-0.05, 0) is 23.7 Å². The van der Waals surface area contributed by atoms with E-state index in [-0.39, 0.29) is 11.5 Å². The van der Waals surface area contributed by atoms with E-state index in [1.807, 2.05) is 12.2 Å². The molecule has 0 saturated carbocycles. The fourth-order valence-corrected chi connectivity index (χ4v) is 2.90. The highest BCUT2D eigenvalue weighted by atomic mass is 16.3. The van der Waals surface area contributed by atoms with Gasteiger partial charge in [-0.15, -0.1) is 0 Å². The molecule has 1 rings (SSSR count). The third-order valence-corrected chi connectivity index (χ3v) is 3.09. The first-order valence-electron chi connectivity index (χ1n) is 5.87. The first-order valence-corrected chi connectivity index (χ1v) is 5.87. The van der Waals surface area contributed by atoms with Crippen LogP contribution >= 0.6 is 0 Å². The zero-order chi connectivity index (χ0) is 11.6. The van der Waals surface area contributed by atoms with Gasteiger partial charge < -0.3 is 5.11 Å². The van der Waals surface area contributed by atoms with Crippen LogP contribution in [0.3, 0.4) is 0 Å². The van der Waals surface area contributed by atoms with E-state index in [1.165, 1.54) is 5.57 Å². The number of rotatable bonds is 2. The van der Waals surface area contributed by atoms with Crippen LogP contribution in [0.2, 0.25) is 0 Å². The van der Waals surface area contributed by atoms with Gasteiger partial charge in [-0.1, -0.05) is 58.4 Å². The van der Waals surface area contributed by atoms with E-state index in [0.29, 0.717) is 11.8 Å². The quantitative estimate of drug-likeness (QED) is 0.735. The van der Waals surface area contributed by atoms with E-state index in [2.05, 4.69) is 40.7 Å². The fraction of sp³-hybridized carbons (Fsp3) is 0.714. The van der Waals surface area contributed by atoms with E-state index in [9.17, 15) is 5.11 Å². The van der Waals surface area contributed by atoms with Crippen LogP contribution in [0.1, 0.15) is 41.0 Å². The van der Waals surface area contributed by atoms with E-state index < -0.39 is 0 Å². The summed E-state index contributed by atoms with van der Waals surface area (Å²) in [7, 11) is 0. The summed E-state index contributed by atoms with van der Waals surface area (Å²) in [6.45, 7) is 11.4. The second kappa shape index (κ2) is 4.52. The van der Waals surface area contributed by atoms with Gasteiger partial charge in [0.1, 0.15) is 0 Å². The van der Waals surface area contributed by atoms with Crippen molar-refractivity contribution >= 4 is 0 Å². The van der Waals surface area contributed by atoms with Gasteiger partial charge in [-0.3, -0.25) is 0 Å². The Morgan fingerprint density at radius 2 is 1.93 bits per heavy atom. The molecule has 1 heteroatoms. The summed E-state index contributed by atoms with van der Waals surface area (Å²) in [5, 5.41) is 9.65. The second-order valence-electron chi connectivity index (χ2n) is 5.99. The molecule has 0 aliphatic heterocycles. The standard InChI is InChI=1S/C14H24O/c1-10(2)13(14(3,4)5)11-7-6-8-12(15)9-11/h6-8,10,12-13,15H,9H2,1-5H3. The van der Waals surface area contributed by atoms with Crippen LogP contribution in [-0.4, -0.2) is 11.2 Å². The number of hydrogen-bond acceptors (Lipinski definition) is 1. The Morgan fingerprint density at radius 1 is 1.33 bits per heavy atom. The summed E-state index contributed by atoms with van der Waals surface area (Å²) in [5.74, 6) is 1.17. The topological polar surface area (TPSA) is 20.2 Å². The minimum atomic E-state index is -0.284. The Labute approximate surface area is 93.9 Å². The molecule has 0 spiro atoms. The van der Waals surface area contributed by atoms with Gasteiger partial charge in [-0.25, -0.2) is 0 Å². The largest absolute Gasteiger partial charge is 0.389 e. The zero-order valence-corrected chi connectivity index (χ0v) is 10.6.